The lowest BCUT2D eigenvalue weighted by atomic mass is 10.2. The number of carbonyl (C=O) groups is 1. The Bertz CT molecular complexity index is 208. The minimum Gasteiger partial charge on any atom is -0.344 e. The van der Waals surface area contributed by atoms with Crippen LogP contribution in [0.25, 0.3) is 0 Å². The number of hydrogen-bond donors (Lipinski definition) is 1. The quantitative estimate of drug-likeness (QED) is 0.675. The number of nitrogens with one attached hydrogen (secondary N) is 1. The highest BCUT2D eigenvalue weighted by Crippen LogP contribution is 2.10. The fraction of sp³-hybridized carbons (Fsp3) is 0.909. The van der Waals surface area contributed by atoms with Gasteiger partial charge in [0, 0.05) is 26.7 Å². The molecule has 1 rings (SSSR count). The van der Waals surface area contributed by atoms with Crippen LogP contribution in [0, 0.1) is 0 Å². The molecule has 0 aromatic rings. The minimum absolute atomic E-state index is 0.0503. The van der Waals surface area contributed by atoms with Gasteiger partial charge in [-0.05, 0) is 33.4 Å². The Balaban J connectivity index is 2.45. The van der Waals surface area contributed by atoms with Gasteiger partial charge in [-0.1, -0.05) is 0 Å². The molecule has 88 valence electrons. The van der Waals surface area contributed by atoms with Crippen LogP contribution in [0.3, 0.4) is 0 Å². The summed E-state index contributed by atoms with van der Waals surface area (Å²) in [6.07, 6.45) is 2.20. The third-order valence-electron chi connectivity index (χ3n) is 3.09. The fourth-order valence-electron chi connectivity index (χ4n) is 2.05. The van der Waals surface area contributed by atoms with Gasteiger partial charge in [0.25, 0.3) is 0 Å². The molecule has 4 heteroatoms. The van der Waals surface area contributed by atoms with Gasteiger partial charge in [0.2, 0.25) is 5.91 Å². The Hall–Kier alpha value is -0.610. The lowest BCUT2D eigenvalue weighted by Gasteiger charge is -2.26. The summed E-state index contributed by atoms with van der Waals surface area (Å²) in [6.45, 7) is 5.99. The number of rotatable bonds is 4. The van der Waals surface area contributed by atoms with E-state index >= 15 is 0 Å². The molecule has 15 heavy (non-hydrogen) atoms. The molecular weight excluding hydrogens is 190 g/mol. The number of hydrogen-bond acceptors (Lipinski definition) is 3. The second kappa shape index (κ2) is 6.08. The Morgan fingerprint density at radius 3 is 2.87 bits per heavy atom. The van der Waals surface area contributed by atoms with E-state index < -0.39 is 0 Å². The third kappa shape index (κ3) is 3.47. The molecule has 1 aliphatic rings. The van der Waals surface area contributed by atoms with Crippen molar-refractivity contribution in [3.8, 4) is 0 Å². The molecule has 1 atom stereocenters. The predicted octanol–water partition coefficient (Wildman–Crippen LogP) is 0.149. The Kier molecular flexibility index (Phi) is 5.05. The first-order chi connectivity index (χ1) is 7.16. The van der Waals surface area contributed by atoms with E-state index in [-0.39, 0.29) is 11.9 Å². The minimum atomic E-state index is 0.0503. The molecule has 0 aliphatic carbocycles. The molecule has 0 aromatic carbocycles. The van der Waals surface area contributed by atoms with E-state index in [1.54, 1.807) is 0 Å². The van der Waals surface area contributed by atoms with E-state index in [0.29, 0.717) is 0 Å². The summed E-state index contributed by atoms with van der Waals surface area (Å²) in [5.74, 6) is 0.261. The summed E-state index contributed by atoms with van der Waals surface area (Å²) in [4.78, 5) is 16.0. The van der Waals surface area contributed by atoms with Crippen molar-refractivity contribution in [1.29, 1.82) is 0 Å². The van der Waals surface area contributed by atoms with E-state index in [4.69, 9.17) is 0 Å². The van der Waals surface area contributed by atoms with Gasteiger partial charge in [0.1, 0.15) is 0 Å². The van der Waals surface area contributed by atoms with Crippen LogP contribution < -0.4 is 5.32 Å². The second-order valence-corrected chi connectivity index (χ2v) is 4.28. The highest BCUT2D eigenvalue weighted by molar-refractivity contribution is 5.81. The third-order valence-corrected chi connectivity index (χ3v) is 3.09. The Morgan fingerprint density at radius 2 is 2.20 bits per heavy atom. The van der Waals surface area contributed by atoms with E-state index in [2.05, 4.69) is 10.2 Å². The van der Waals surface area contributed by atoms with Crippen LogP contribution in [0.4, 0.5) is 0 Å². The zero-order valence-corrected chi connectivity index (χ0v) is 10.1. The van der Waals surface area contributed by atoms with Gasteiger partial charge in [-0.25, -0.2) is 0 Å². The first-order valence-corrected chi connectivity index (χ1v) is 5.80. The van der Waals surface area contributed by atoms with Gasteiger partial charge in [-0.15, -0.1) is 0 Å². The largest absolute Gasteiger partial charge is 0.344 e. The summed E-state index contributed by atoms with van der Waals surface area (Å²) in [5.41, 5.74) is 0. The number of likely N-dealkylation sites (N-methyl/N-ethyl adjacent to an activating group) is 1. The van der Waals surface area contributed by atoms with Crippen LogP contribution >= 0.6 is 0 Å². The highest BCUT2D eigenvalue weighted by Gasteiger charge is 2.26. The summed E-state index contributed by atoms with van der Waals surface area (Å²) >= 11 is 0. The van der Waals surface area contributed by atoms with Gasteiger partial charge in [-0.3, -0.25) is 9.69 Å². The lowest BCUT2D eigenvalue weighted by Crippen LogP contribution is -2.43. The van der Waals surface area contributed by atoms with Crippen molar-refractivity contribution in [1.82, 2.24) is 15.1 Å². The topological polar surface area (TPSA) is 35.6 Å². The molecular formula is C11H23N3O. The second-order valence-electron chi connectivity index (χ2n) is 4.28. The van der Waals surface area contributed by atoms with Crippen molar-refractivity contribution in [3.05, 3.63) is 0 Å². The van der Waals surface area contributed by atoms with Crippen LogP contribution in [-0.2, 0) is 4.79 Å². The van der Waals surface area contributed by atoms with Crippen molar-refractivity contribution < 1.29 is 4.79 Å². The summed E-state index contributed by atoms with van der Waals surface area (Å²) in [7, 11) is 3.86. The molecule has 4 nitrogen and oxygen atoms in total. The van der Waals surface area contributed by atoms with Crippen molar-refractivity contribution in [3.63, 3.8) is 0 Å². The number of amides is 1. The van der Waals surface area contributed by atoms with Gasteiger partial charge in [0.05, 0.1) is 6.04 Å². The Morgan fingerprint density at radius 1 is 1.47 bits per heavy atom. The van der Waals surface area contributed by atoms with Crippen LogP contribution in [0.1, 0.15) is 19.8 Å². The average Bonchev–Trinajstić information content (AvgIpc) is 2.34. The molecule has 0 spiro atoms. The standard InChI is InChI=1S/C11H23N3O/c1-10-11(15)13(3)7-5-9-14(10)8-4-6-12-2/h10,12H,4-9H2,1-3H3. The monoisotopic (exact) mass is 213 g/mol. The smallest absolute Gasteiger partial charge is 0.239 e. The molecule has 1 amide bonds. The molecule has 0 bridgehead atoms. The van der Waals surface area contributed by atoms with Crippen LogP contribution in [0.2, 0.25) is 0 Å². The van der Waals surface area contributed by atoms with Gasteiger partial charge < -0.3 is 10.2 Å². The lowest BCUT2D eigenvalue weighted by molar-refractivity contribution is -0.133. The molecule has 1 aliphatic heterocycles. The van der Waals surface area contributed by atoms with Crippen LogP contribution in [0.5, 0.6) is 0 Å². The zero-order chi connectivity index (χ0) is 11.3. The maximum atomic E-state index is 11.9. The van der Waals surface area contributed by atoms with Gasteiger partial charge >= 0.3 is 0 Å². The fourth-order valence-corrected chi connectivity index (χ4v) is 2.05. The molecule has 1 unspecified atom stereocenters. The van der Waals surface area contributed by atoms with Crippen LogP contribution in [-0.4, -0.2) is 62.0 Å². The van der Waals surface area contributed by atoms with Gasteiger partial charge in [0.15, 0.2) is 0 Å². The van der Waals surface area contributed by atoms with E-state index in [0.717, 1.165) is 39.0 Å². The van der Waals surface area contributed by atoms with E-state index in [1.165, 1.54) is 0 Å². The molecule has 0 aromatic heterocycles. The summed E-state index contributed by atoms with van der Waals surface area (Å²) < 4.78 is 0. The van der Waals surface area contributed by atoms with Crippen molar-refractivity contribution >= 4 is 5.91 Å². The normalized spacial score (nSPS) is 24.3. The summed E-state index contributed by atoms with van der Waals surface area (Å²) in [6, 6.07) is 0.0503. The zero-order valence-electron chi connectivity index (χ0n) is 10.1. The first-order valence-electron chi connectivity index (χ1n) is 5.80. The number of carbonyl (C=O) groups excluding carboxylic acids is 1. The van der Waals surface area contributed by atoms with Crippen molar-refractivity contribution in [2.24, 2.45) is 0 Å². The van der Waals surface area contributed by atoms with Crippen molar-refractivity contribution in [2.75, 3.05) is 40.3 Å². The maximum absolute atomic E-state index is 11.9. The number of nitrogens with zero attached hydrogens (tertiary/aromatic N) is 2. The van der Waals surface area contributed by atoms with Crippen molar-refractivity contribution in [2.45, 2.75) is 25.8 Å². The molecule has 1 saturated heterocycles. The van der Waals surface area contributed by atoms with Crippen LogP contribution in [0.15, 0.2) is 0 Å². The molecule has 1 fully saturated rings. The van der Waals surface area contributed by atoms with Gasteiger partial charge in [-0.2, -0.15) is 0 Å². The SMILES string of the molecule is CNCCCN1CCCN(C)C(=O)C1C. The molecule has 0 radical (unpaired) electrons. The average molecular weight is 213 g/mol. The summed E-state index contributed by atoms with van der Waals surface area (Å²) in [5, 5.41) is 3.14. The Labute approximate surface area is 92.6 Å². The van der Waals surface area contributed by atoms with E-state index in [1.807, 2.05) is 25.9 Å². The molecule has 0 saturated carbocycles. The maximum Gasteiger partial charge on any atom is 0.239 e. The predicted molar refractivity (Wildman–Crippen MR) is 61.8 cm³/mol. The van der Waals surface area contributed by atoms with E-state index in [9.17, 15) is 4.79 Å². The molecule has 1 N–H and O–H groups in total. The molecule has 1 heterocycles. The first kappa shape index (κ1) is 12.5. The highest BCUT2D eigenvalue weighted by atomic mass is 16.2.